The third-order valence-corrected chi connectivity index (χ3v) is 3.38. The van der Waals surface area contributed by atoms with Crippen molar-refractivity contribution in [3.05, 3.63) is 17.5 Å². The van der Waals surface area contributed by atoms with E-state index in [1.165, 1.54) is 12.8 Å². The molecule has 18 heavy (non-hydrogen) atoms. The van der Waals surface area contributed by atoms with Gasteiger partial charge in [-0.25, -0.2) is 9.97 Å². The summed E-state index contributed by atoms with van der Waals surface area (Å²) in [6.45, 7) is 3.51. The van der Waals surface area contributed by atoms with Crippen LogP contribution in [0.25, 0.3) is 0 Å². The Balaban J connectivity index is 1.94. The smallest absolute Gasteiger partial charge is 0.224 e. The highest BCUT2D eigenvalue weighted by atomic mass is 16.5. The molecule has 0 saturated heterocycles. The highest BCUT2D eigenvalue weighted by Crippen LogP contribution is 2.48. The first-order valence-electron chi connectivity index (χ1n) is 6.16. The Morgan fingerprint density at radius 1 is 1.50 bits per heavy atom. The second kappa shape index (κ2) is 5.32. The van der Waals surface area contributed by atoms with Crippen LogP contribution in [0.4, 0.5) is 5.95 Å². The monoisotopic (exact) mass is 246 g/mol. The molecule has 0 amide bonds. The van der Waals surface area contributed by atoms with Gasteiger partial charge in [0.05, 0.1) is 0 Å². The lowest BCUT2D eigenvalue weighted by Gasteiger charge is -2.15. The molecule has 0 atom stereocenters. The molecule has 5 heteroatoms. The van der Waals surface area contributed by atoms with E-state index in [9.17, 15) is 0 Å². The molecule has 0 spiro atoms. The lowest BCUT2D eigenvalue weighted by molar-refractivity contribution is 0.174. The van der Waals surface area contributed by atoms with E-state index in [0.29, 0.717) is 17.1 Å². The molecule has 0 bridgehead atoms. The fourth-order valence-electron chi connectivity index (χ4n) is 1.98. The molecule has 1 fully saturated rings. The maximum atomic E-state index is 8.86. The van der Waals surface area contributed by atoms with E-state index >= 15 is 0 Å². The van der Waals surface area contributed by atoms with Crippen molar-refractivity contribution < 1.29 is 4.74 Å². The quantitative estimate of drug-likeness (QED) is 0.829. The van der Waals surface area contributed by atoms with Crippen LogP contribution in [0.2, 0.25) is 0 Å². The van der Waals surface area contributed by atoms with Gasteiger partial charge < -0.3 is 10.1 Å². The van der Waals surface area contributed by atoms with Gasteiger partial charge in [0, 0.05) is 26.0 Å². The van der Waals surface area contributed by atoms with Gasteiger partial charge >= 0.3 is 0 Å². The standard InChI is InChI=1S/C13H18N4O/c1-10-7-11(8-14)17-12(16-10)15-9-13(3-4-13)5-6-18-2/h7H,3-6,9H2,1-2H3,(H,15,16,17). The van der Waals surface area contributed by atoms with Gasteiger partial charge in [-0.3, -0.25) is 0 Å². The molecule has 5 nitrogen and oxygen atoms in total. The summed E-state index contributed by atoms with van der Waals surface area (Å²) in [6.07, 6.45) is 3.51. The van der Waals surface area contributed by atoms with Gasteiger partial charge in [0.15, 0.2) is 0 Å². The average molecular weight is 246 g/mol. The molecule has 2 rings (SSSR count). The van der Waals surface area contributed by atoms with Crippen molar-refractivity contribution in [2.75, 3.05) is 25.6 Å². The summed E-state index contributed by atoms with van der Waals surface area (Å²) in [5.41, 5.74) is 1.56. The summed E-state index contributed by atoms with van der Waals surface area (Å²) < 4.78 is 5.12. The molecular weight excluding hydrogens is 228 g/mol. The van der Waals surface area contributed by atoms with Crippen molar-refractivity contribution in [2.45, 2.75) is 26.2 Å². The van der Waals surface area contributed by atoms with Crippen LogP contribution in [-0.4, -0.2) is 30.2 Å². The zero-order valence-electron chi connectivity index (χ0n) is 10.9. The van der Waals surface area contributed by atoms with Crippen molar-refractivity contribution in [2.24, 2.45) is 5.41 Å². The first kappa shape index (κ1) is 12.8. The number of aryl methyl sites for hydroxylation is 1. The number of aromatic nitrogens is 2. The average Bonchev–Trinajstić information content (AvgIpc) is 3.14. The number of hydrogen-bond acceptors (Lipinski definition) is 5. The van der Waals surface area contributed by atoms with Crippen LogP contribution in [0.1, 0.15) is 30.7 Å². The predicted octanol–water partition coefficient (Wildman–Crippen LogP) is 1.89. The molecule has 1 aromatic rings. The molecule has 0 radical (unpaired) electrons. The summed E-state index contributed by atoms with van der Waals surface area (Å²) in [5, 5.41) is 12.1. The van der Waals surface area contributed by atoms with Crippen LogP contribution >= 0.6 is 0 Å². The summed E-state index contributed by atoms with van der Waals surface area (Å²) in [4.78, 5) is 8.44. The van der Waals surface area contributed by atoms with Gasteiger partial charge in [0.2, 0.25) is 5.95 Å². The first-order chi connectivity index (χ1) is 8.67. The lowest BCUT2D eigenvalue weighted by atomic mass is 10.0. The minimum Gasteiger partial charge on any atom is -0.385 e. The fraction of sp³-hybridized carbons (Fsp3) is 0.615. The summed E-state index contributed by atoms with van der Waals surface area (Å²) in [6, 6.07) is 3.73. The number of nitrogens with zero attached hydrogens (tertiary/aromatic N) is 3. The molecular formula is C13H18N4O. The van der Waals surface area contributed by atoms with Gasteiger partial charge in [0.25, 0.3) is 0 Å². The van der Waals surface area contributed by atoms with Gasteiger partial charge in [-0.1, -0.05) is 0 Å². The Morgan fingerprint density at radius 3 is 2.89 bits per heavy atom. The maximum Gasteiger partial charge on any atom is 0.224 e. The van der Waals surface area contributed by atoms with Crippen LogP contribution in [0, 0.1) is 23.7 Å². The number of rotatable bonds is 6. The van der Waals surface area contributed by atoms with E-state index in [1.807, 2.05) is 13.0 Å². The second-order valence-electron chi connectivity index (χ2n) is 4.93. The largest absolute Gasteiger partial charge is 0.385 e. The number of nitrogens with one attached hydrogen (secondary N) is 1. The SMILES string of the molecule is COCCC1(CNc2nc(C)cc(C#N)n2)CC1. The number of ether oxygens (including phenoxy) is 1. The van der Waals surface area contributed by atoms with Crippen LogP contribution in [0.15, 0.2) is 6.07 Å². The molecule has 1 aliphatic rings. The van der Waals surface area contributed by atoms with Crippen molar-refractivity contribution in [1.82, 2.24) is 9.97 Å². The Bertz CT molecular complexity index is 463. The highest BCUT2D eigenvalue weighted by Gasteiger charge is 2.41. The Labute approximate surface area is 107 Å². The van der Waals surface area contributed by atoms with E-state index in [2.05, 4.69) is 15.3 Å². The van der Waals surface area contributed by atoms with Crippen LogP contribution in [0.5, 0.6) is 0 Å². The lowest BCUT2D eigenvalue weighted by Crippen LogP contribution is -2.19. The maximum absolute atomic E-state index is 8.86. The Hall–Kier alpha value is -1.67. The molecule has 96 valence electrons. The Kier molecular flexibility index (Phi) is 3.78. The highest BCUT2D eigenvalue weighted by molar-refractivity contribution is 5.33. The van der Waals surface area contributed by atoms with Gasteiger partial charge in [-0.05, 0) is 37.7 Å². The molecule has 0 unspecified atom stereocenters. The minimum absolute atomic E-state index is 0.343. The van der Waals surface area contributed by atoms with Crippen LogP contribution in [0.3, 0.4) is 0 Å². The van der Waals surface area contributed by atoms with Crippen LogP contribution < -0.4 is 5.32 Å². The summed E-state index contributed by atoms with van der Waals surface area (Å²) >= 11 is 0. The van der Waals surface area contributed by atoms with E-state index in [4.69, 9.17) is 10.00 Å². The molecule has 1 saturated carbocycles. The number of hydrogen-bond donors (Lipinski definition) is 1. The van der Waals surface area contributed by atoms with E-state index in [-0.39, 0.29) is 0 Å². The summed E-state index contributed by atoms with van der Waals surface area (Å²) in [7, 11) is 1.73. The topological polar surface area (TPSA) is 70.8 Å². The van der Waals surface area contributed by atoms with Gasteiger partial charge in [-0.15, -0.1) is 0 Å². The third-order valence-electron chi connectivity index (χ3n) is 3.38. The second-order valence-corrected chi connectivity index (χ2v) is 4.93. The Morgan fingerprint density at radius 2 is 2.28 bits per heavy atom. The third kappa shape index (κ3) is 3.17. The van der Waals surface area contributed by atoms with Gasteiger partial charge in [-0.2, -0.15) is 5.26 Å². The van der Waals surface area contributed by atoms with Crippen molar-refractivity contribution in [1.29, 1.82) is 5.26 Å². The minimum atomic E-state index is 0.343. The number of methoxy groups -OCH3 is 1. The molecule has 1 N–H and O–H groups in total. The normalized spacial score (nSPS) is 16.1. The van der Waals surface area contributed by atoms with E-state index < -0.39 is 0 Å². The zero-order chi connectivity index (χ0) is 13.0. The molecule has 1 heterocycles. The van der Waals surface area contributed by atoms with Crippen molar-refractivity contribution in [3.8, 4) is 6.07 Å². The molecule has 0 aliphatic heterocycles. The molecule has 0 aromatic carbocycles. The van der Waals surface area contributed by atoms with Crippen LogP contribution in [-0.2, 0) is 4.74 Å². The molecule has 1 aliphatic carbocycles. The number of nitriles is 1. The zero-order valence-corrected chi connectivity index (χ0v) is 10.9. The van der Waals surface area contributed by atoms with Crippen molar-refractivity contribution >= 4 is 5.95 Å². The fourth-order valence-corrected chi connectivity index (χ4v) is 1.98. The number of anilines is 1. The first-order valence-corrected chi connectivity index (χ1v) is 6.16. The molecule has 1 aromatic heterocycles. The predicted molar refractivity (Wildman–Crippen MR) is 68.1 cm³/mol. The van der Waals surface area contributed by atoms with Crippen molar-refractivity contribution in [3.63, 3.8) is 0 Å². The van der Waals surface area contributed by atoms with E-state index in [1.54, 1.807) is 13.2 Å². The summed E-state index contributed by atoms with van der Waals surface area (Å²) in [5.74, 6) is 0.551. The van der Waals surface area contributed by atoms with E-state index in [0.717, 1.165) is 25.3 Å². The van der Waals surface area contributed by atoms with Gasteiger partial charge in [0.1, 0.15) is 11.8 Å².